The predicted octanol–water partition coefficient (Wildman–Crippen LogP) is 2.11. The van der Waals surface area contributed by atoms with E-state index in [1.807, 2.05) is 36.1 Å². The summed E-state index contributed by atoms with van der Waals surface area (Å²) in [7, 11) is 0. The van der Waals surface area contributed by atoms with Crippen LogP contribution >= 0.6 is 0 Å². The molecule has 0 saturated carbocycles. The first-order valence-corrected chi connectivity index (χ1v) is 9.49. The summed E-state index contributed by atoms with van der Waals surface area (Å²) < 4.78 is 5.37. The minimum absolute atomic E-state index is 0.0108. The fourth-order valence-corrected chi connectivity index (χ4v) is 4.00. The van der Waals surface area contributed by atoms with Gasteiger partial charge in [-0.1, -0.05) is 32.0 Å². The number of para-hydroxylation sites is 1. The van der Waals surface area contributed by atoms with Crippen LogP contribution in [-0.4, -0.2) is 49.2 Å². The third-order valence-corrected chi connectivity index (χ3v) is 5.35. The lowest BCUT2D eigenvalue weighted by Crippen LogP contribution is -2.48. The number of fused-ring (bicyclic) bond motifs is 2. The van der Waals surface area contributed by atoms with Crippen molar-refractivity contribution >= 4 is 17.5 Å². The van der Waals surface area contributed by atoms with Crippen molar-refractivity contribution in [3.05, 3.63) is 29.8 Å². The van der Waals surface area contributed by atoms with Crippen LogP contribution in [-0.2, 0) is 19.7 Å². The van der Waals surface area contributed by atoms with Crippen LogP contribution in [0.4, 0.5) is 5.69 Å². The van der Waals surface area contributed by atoms with Crippen molar-refractivity contribution in [2.75, 3.05) is 31.7 Å². The number of anilines is 1. The molecule has 26 heavy (non-hydrogen) atoms. The van der Waals surface area contributed by atoms with Gasteiger partial charge in [-0.15, -0.1) is 0 Å². The van der Waals surface area contributed by atoms with Crippen molar-refractivity contribution < 1.29 is 14.3 Å². The number of rotatable bonds is 7. The normalized spacial score (nSPS) is 22.8. The maximum Gasteiger partial charge on any atom is 0.239 e. The van der Waals surface area contributed by atoms with E-state index in [4.69, 9.17) is 4.74 Å². The molecule has 2 atom stereocenters. The number of benzene rings is 1. The number of carbonyl (C=O) groups excluding carboxylic acids is 2. The van der Waals surface area contributed by atoms with E-state index in [0.29, 0.717) is 38.8 Å². The third kappa shape index (κ3) is 3.48. The van der Waals surface area contributed by atoms with Gasteiger partial charge >= 0.3 is 0 Å². The molecule has 6 heteroatoms. The number of likely N-dealkylation sites (tertiary alicyclic amines) is 1. The van der Waals surface area contributed by atoms with Gasteiger partial charge in [0.1, 0.15) is 0 Å². The molecule has 2 heterocycles. The Bertz CT molecular complexity index is 676. The van der Waals surface area contributed by atoms with Crippen LogP contribution in [0.5, 0.6) is 0 Å². The molecule has 1 fully saturated rings. The van der Waals surface area contributed by atoms with Gasteiger partial charge in [-0.05, 0) is 37.3 Å². The Kier molecular flexibility index (Phi) is 5.63. The molecule has 0 aromatic heterocycles. The van der Waals surface area contributed by atoms with Gasteiger partial charge in [0, 0.05) is 25.4 Å². The molecule has 0 aliphatic carbocycles. The fraction of sp³-hybridized carbons (Fsp3) is 0.600. The monoisotopic (exact) mass is 359 g/mol. The van der Waals surface area contributed by atoms with E-state index in [2.05, 4.69) is 24.5 Å². The summed E-state index contributed by atoms with van der Waals surface area (Å²) in [6, 6.07) is 7.53. The van der Waals surface area contributed by atoms with Crippen LogP contribution in [0.1, 0.15) is 39.2 Å². The van der Waals surface area contributed by atoms with Crippen molar-refractivity contribution in [2.45, 2.75) is 45.1 Å². The lowest BCUT2D eigenvalue weighted by atomic mass is 9.81. The zero-order valence-corrected chi connectivity index (χ0v) is 15.9. The first-order chi connectivity index (χ1) is 12.5. The second kappa shape index (κ2) is 7.76. The van der Waals surface area contributed by atoms with Gasteiger partial charge < -0.3 is 15.0 Å². The zero-order chi connectivity index (χ0) is 18.7. The van der Waals surface area contributed by atoms with Gasteiger partial charge in [0.2, 0.25) is 11.8 Å². The highest BCUT2D eigenvalue weighted by molar-refractivity contribution is 6.07. The Balaban J connectivity index is 1.74. The van der Waals surface area contributed by atoms with Crippen molar-refractivity contribution in [3.63, 3.8) is 0 Å². The maximum atomic E-state index is 13.1. The number of carbonyl (C=O) groups is 2. The van der Waals surface area contributed by atoms with E-state index in [1.54, 1.807) is 0 Å². The smallest absolute Gasteiger partial charge is 0.239 e. The summed E-state index contributed by atoms with van der Waals surface area (Å²) in [5, 5.41) is 6.20. The van der Waals surface area contributed by atoms with Crippen LogP contribution in [0.2, 0.25) is 0 Å². The largest absolute Gasteiger partial charge is 0.367 e. The van der Waals surface area contributed by atoms with Gasteiger partial charge in [0.15, 0.2) is 0 Å². The summed E-state index contributed by atoms with van der Waals surface area (Å²) in [5.74, 6) is 0.467. The number of nitrogens with one attached hydrogen (secondary N) is 2. The molecule has 1 aromatic carbocycles. The zero-order valence-electron chi connectivity index (χ0n) is 15.9. The predicted molar refractivity (Wildman–Crippen MR) is 101 cm³/mol. The second-order valence-corrected chi connectivity index (χ2v) is 7.62. The second-order valence-electron chi connectivity index (χ2n) is 7.62. The molecule has 1 saturated heterocycles. The Hall–Kier alpha value is -1.92. The van der Waals surface area contributed by atoms with Crippen molar-refractivity contribution in [3.8, 4) is 0 Å². The first-order valence-electron chi connectivity index (χ1n) is 9.49. The molecular formula is C20H29N3O3. The van der Waals surface area contributed by atoms with E-state index in [1.165, 1.54) is 0 Å². The Morgan fingerprint density at radius 3 is 2.88 bits per heavy atom. The molecule has 1 spiro atoms. The Morgan fingerprint density at radius 2 is 2.15 bits per heavy atom. The lowest BCUT2D eigenvalue weighted by Gasteiger charge is -2.27. The number of amides is 2. The minimum atomic E-state index is -0.603. The molecular weight excluding hydrogens is 330 g/mol. The van der Waals surface area contributed by atoms with Crippen LogP contribution < -0.4 is 10.6 Å². The third-order valence-electron chi connectivity index (χ3n) is 5.35. The maximum absolute atomic E-state index is 13.1. The molecule has 2 aliphatic rings. The highest BCUT2D eigenvalue weighted by Gasteiger charge is 2.52. The molecule has 0 unspecified atom stereocenters. The van der Waals surface area contributed by atoms with Gasteiger partial charge in [0.05, 0.1) is 18.2 Å². The van der Waals surface area contributed by atoms with Crippen LogP contribution in [0, 0.1) is 5.92 Å². The van der Waals surface area contributed by atoms with E-state index < -0.39 is 5.41 Å². The summed E-state index contributed by atoms with van der Waals surface area (Å²) in [5.41, 5.74) is 1.29. The van der Waals surface area contributed by atoms with Gasteiger partial charge in [-0.25, -0.2) is 0 Å². The number of hydrogen-bond donors (Lipinski definition) is 2. The Morgan fingerprint density at radius 1 is 1.38 bits per heavy atom. The average molecular weight is 359 g/mol. The minimum Gasteiger partial charge on any atom is -0.367 e. The summed E-state index contributed by atoms with van der Waals surface area (Å²) >= 11 is 0. The molecule has 0 radical (unpaired) electrons. The fourth-order valence-electron chi connectivity index (χ4n) is 4.00. The van der Waals surface area contributed by atoms with Gasteiger partial charge in [-0.2, -0.15) is 0 Å². The highest BCUT2D eigenvalue weighted by atomic mass is 16.5. The highest BCUT2D eigenvalue weighted by Crippen LogP contribution is 2.44. The molecule has 0 bridgehead atoms. The van der Waals surface area contributed by atoms with Gasteiger partial charge in [0.25, 0.3) is 0 Å². The number of ether oxygens (including phenoxy) is 1. The molecule has 2 amide bonds. The quantitative estimate of drug-likeness (QED) is 0.578. The van der Waals surface area contributed by atoms with E-state index in [-0.39, 0.29) is 17.9 Å². The van der Waals surface area contributed by atoms with Crippen LogP contribution in [0.3, 0.4) is 0 Å². The van der Waals surface area contributed by atoms with Crippen molar-refractivity contribution in [1.82, 2.24) is 10.2 Å². The van der Waals surface area contributed by atoms with E-state index in [9.17, 15) is 9.59 Å². The summed E-state index contributed by atoms with van der Waals surface area (Å²) in [4.78, 5) is 27.6. The number of nitrogens with zero attached hydrogens (tertiary/aromatic N) is 1. The topological polar surface area (TPSA) is 70.7 Å². The first kappa shape index (κ1) is 18.9. The summed E-state index contributed by atoms with van der Waals surface area (Å²) in [6.45, 7) is 8.16. The molecule has 3 rings (SSSR count). The molecule has 1 aromatic rings. The summed E-state index contributed by atoms with van der Waals surface area (Å²) in [6.07, 6.45) is 1.42. The molecule has 2 aliphatic heterocycles. The van der Waals surface area contributed by atoms with E-state index >= 15 is 0 Å². The SMILES string of the molecule is CCOCN[C@@H](CC(C)C)C(=O)N1CC[C@@]2(C1)C(=O)Nc1ccccc12. The lowest BCUT2D eigenvalue weighted by molar-refractivity contribution is -0.133. The van der Waals surface area contributed by atoms with Crippen molar-refractivity contribution in [2.24, 2.45) is 5.92 Å². The standard InChI is InChI=1S/C20H29N3O3/c1-4-26-13-21-17(11-14(2)3)18(24)23-10-9-20(12-23)15-7-5-6-8-16(15)22-19(20)25/h5-8,14,17,21H,4,9-13H2,1-3H3,(H,22,25)/t17-,20-/m0/s1. The molecule has 142 valence electrons. The number of hydrogen-bond acceptors (Lipinski definition) is 4. The van der Waals surface area contributed by atoms with Crippen LogP contribution in [0.15, 0.2) is 24.3 Å². The molecule has 6 nitrogen and oxygen atoms in total. The molecule has 2 N–H and O–H groups in total. The Labute approximate surface area is 155 Å². The average Bonchev–Trinajstić information content (AvgIpc) is 3.17. The van der Waals surface area contributed by atoms with E-state index in [0.717, 1.165) is 17.7 Å². The van der Waals surface area contributed by atoms with Gasteiger partial charge in [-0.3, -0.25) is 14.9 Å². The van der Waals surface area contributed by atoms with Crippen LogP contribution in [0.25, 0.3) is 0 Å². The van der Waals surface area contributed by atoms with Crippen molar-refractivity contribution in [1.29, 1.82) is 0 Å².